The molecule has 5 heteroatoms. The standard InChI is InChI=1S/C15H29N5/c1-12-17-11-14(18(12)5)13(10-16)19-6-8-20(9-7-19)15(2,3)4/h11,13H,6-10,16H2,1-5H3. The predicted octanol–water partition coefficient (Wildman–Crippen LogP) is 1.14. The maximum atomic E-state index is 6.04. The molecule has 5 nitrogen and oxygen atoms in total. The molecule has 0 radical (unpaired) electrons. The summed E-state index contributed by atoms with van der Waals surface area (Å²) in [6.45, 7) is 13.9. The molecule has 0 saturated carbocycles. The van der Waals surface area contributed by atoms with E-state index in [0.717, 1.165) is 32.0 Å². The summed E-state index contributed by atoms with van der Waals surface area (Å²) < 4.78 is 2.16. The van der Waals surface area contributed by atoms with Crippen LogP contribution in [0.5, 0.6) is 0 Å². The van der Waals surface area contributed by atoms with Crippen LogP contribution in [-0.2, 0) is 7.05 Å². The molecule has 20 heavy (non-hydrogen) atoms. The van der Waals surface area contributed by atoms with E-state index in [2.05, 4.69) is 47.2 Å². The summed E-state index contributed by atoms with van der Waals surface area (Å²) in [5.41, 5.74) is 7.53. The van der Waals surface area contributed by atoms with Crippen LogP contribution in [0.4, 0.5) is 0 Å². The molecular weight excluding hydrogens is 250 g/mol. The van der Waals surface area contributed by atoms with Crippen molar-refractivity contribution in [2.24, 2.45) is 12.8 Å². The zero-order chi connectivity index (χ0) is 14.9. The van der Waals surface area contributed by atoms with Gasteiger partial charge in [-0.25, -0.2) is 4.98 Å². The molecule has 0 bridgehead atoms. The van der Waals surface area contributed by atoms with Crippen molar-refractivity contribution in [2.45, 2.75) is 39.3 Å². The highest BCUT2D eigenvalue weighted by molar-refractivity contribution is 5.10. The van der Waals surface area contributed by atoms with Gasteiger partial charge in [-0.3, -0.25) is 9.80 Å². The summed E-state index contributed by atoms with van der Waals surface area (Å²) in [6.07, 6.45) is 1.98. The van der Waals surface area contributed by atoms with E-state index in [9.17, 15) is 0 Å². The highest BCUT2D eigenvalue weighted by atomic mass is 15.3. The molecule has 1 aliphatic rings. The number of nitrogens with zero attached hydrogens (tertiary/aromatic N) is 4. The van der Waals surface area contributed by atoms with Gasteiger partial charge in [0.25, 0.3) is 0 Å². The van der Waals surface area contributed by atoms with Crippen molar-refractivity contribution in [1.82, 2.24) is 19.4 Å². The van der Waals surface area contributed by atoms with Crippen molar-refractivity contribution >= 4 is 0 Å². The summed E-state index contributed by atoms with van der Waals surface area (Å²) in [4.78, 5) is 9.45. The Kier molecular flexibility index (Phi) is 4.52. The van der Waals surface area contributed by atoms with Crippen molar-refractivity contribution in [2.75, 3.05) is 32.7 Å². The Balaban J connectivity index is 2.06. The number of hydrogen-bond donors (Lipinski definition) is 1. The summed E-state index contributed by atoms with van der Waals surface area (Å²) >= 11 is 0. The number of aromatic nitrogens is 2. The molecule has 0 amide bonds. The molecule has 0 aliphatic carbocycles. The molecule has 114 valence electrons. The van der Waals surface area contributed by atoms with Gasteiger partial charge in [-0.05, 0) is 27.7 Å². The fourth-order valence-corrected chi connectivity index (χ4v) is 2.99. The normalized spacial score (nSPS) is 20.3. The van der Waals surface area contributed by atoms with Crippen LogP contribution in [-0.4, -0.2) is 57.6 Å². The van der Waals surface area contributed by atoms with Crippen LogP contribution in [0, 0.1) is 6.92 Å². The Morgan fingerprint density at radius 1 is 1.25 bits per heavy atom. The van der Waals surface area contributed by atoms with Crippen LogP contribution in [0.3, 0.4) is 0 Å². The summed E-state index contributed by atoms with van der Waals surface area (Å²) in [6, 6.07) is 0.281. The van der Waals surface area contributed by atoms with Gasteiger partial charge in [-0.2, -0.15) is 0 Å². The van der Waals surface area contributed by atoms with E-state index in [0.29, 0.717) is 6.54 Å². The SMILES string of the molecule is Cc1ncc(C(CN)N2CCN(C(C)(C)C)CC2)n1C. The maximum absolute atomic E-state index is 6.04. The molecule has 1 saturated heterocycles. The molecule has 2 N–H and O–H groups in total. The lowest BCUT2D eigenvalue weighted by Crippen LogP contribution is -2.54. The minimum atomic E-state index is 0.257. The number of imidazole rings is 1. The van der Waals surface area contributed by atoms with E-state index in [1.165, 1.54) is 5.69 Å². The predicted molar refractivity (Wildman–Crippen MR) is 82.6 cm³/mol. The second kappa shape index (κ2) is 5.84. The highest BCUT2D eigenvalue weighted by Crippen LogP contribution is 2.24. The largest absolute Gasteiger partial charge is 0.334 e. The lowest BCUT2D eigenvalue weighted by molar-refractivity contribution is 0.0419. The lowest BCUT2D eigenvalue weighted by atomic mass is 10.0. The molecule has 1 atom stereocenters. The molecule has 0 aromatic carbocycles. The van der Waals surface area contributed by atoms with Gasteiger partial charge in [0, 0.05) is 45.3 Å². The van der Waals surface area contributed by atoms with Gasteiger partial charge in [0.1, 0.15) is 5.82 Å². The molecule has 1 unspecified atom stereocenters. The average molecular weight is 279 g/mol. The first-order chi connectivity index (χ1) is 9.34. The third-order valence-corrected chi connectivity index (χ3v) is 4.52. The summed E-state index contributed by atoms with van der Waals surface area (Å²) in [7, 11) is 2.08. The molecule has 2 rings (SSSR count). The minimum Gasteiger partial charge on any atom is -0.334 e. The van der Waals surface area contributed by atoms with Gasteiger partial charge < -0.3 is 10.3 Å². The van der Waals surface area contributed by atoms with Crippen molar-refractivity contribution in [3.05, 3.63) is 17.7 Å². The Labute approximate surface area is 122 Å². The first-order valence-electron chi connectivity index (χ1n) is 7.52. The molecule has 0 spiro atoms. The third kappa shape index (κ3) is 3.05. The fourth-order valence-electron chi connectivity index (χ4n) is 2.99. The van der Waals surface area contributed by atoms with Crippen LogP contribution in [0.2, 0.25) is 0 Å². The van der Waals surface area contributed by atoms with Gasteiger partial charge in [-0.1, -0.05) is 0 Å². The monoisotopic (exact) mass is 279 g/mol. The van der Waals surface area contributed by atoms with Gasteiger partial charge in [-0.15, -0.1) is 0 Å². The van der Waals surface area contributed by atoms with Crippen LogP contribution < -0.4 is 5.73 Å². The van der Waals surface area contributed by atoms with Crippen LogP contribution in [0.1, 0.15) is 38.3 Å². The zero-order valence-corrected chi connectivity index (χ0v) is 13.6. The summed E-state index contributed by atoms with van der Waals surface area (Å²) in [5.74, 6) is 1.05. The van der Waals surface area contributed by atoms with Gasteiger partial charge in [0.05, 0.1) is 17.9 Å². The topological polar surface area (TPSA) is 50.3 Å². The molecule has 1 fully saturated rings. The first kappa shape index (κ1) is 15.5. The fraction of sp³-hybridized carbons (Fsp3) is 0.800. The van der Waals surface area contributed by atoms with Crippen molar-refractivity contribution in [3.63, 3.8) is 0 Å². The van der Waals surface area contributed by atoms with Crippen molar-refractivity contribution < 1.29 is 0 Å². The molecule has 1 aromatic heterocycles. The minimum absolute atomic E-state index is 0.257. The summed E-state index contributed by atoms with van der Waals surface area (Å²) in [5, 5.41) is 0. The second-order valence-corrected chi connectivity index (χ2v) is 6.73. The van der Waals surface area contributed by atoms with E-state index >= 15 is 0 Å². The van der Waals surface area contributed by atoms with Crippen molar-refractivity contribution in [3.8, 4) is 0 Å². The quantitative estimate of drug-likeness (QED) is 0.901. The van der Waals surface area contributed by atoms with Gasteiger partial charge in [0.2, 0.25) is 0 Å². The van der Waals surface area contributed by atoms with E-state index < -0.39 is 0 Å². The zero-order valence-electron chi connectivity index (χ0n) is 13.6. The Morgan fingerprint density at radius 3 is 2.25 bits per heavy atom. The first-order valence-corrected chi connectivity index (χ1v) is 7.52. The van der Waals surface area contributed by atoms with E-state index in [1.807, 2.05) is 13.1 Å². The lowest BCUT2D eigenvalue weighted by Gasteiger charge is -2.44. The van der Waals surface area contributed by atoms with E-state index in [4.69, 9.17) is 5.73 Å². The Morgan fingerprint density at radius 2 is 1.85 bits per heavy atom. The third-order valence-electron chi connectivity index (χ3n) is 4.52. The van der Waals surface area contributed by atoms with E-state index in [1.54, 1.807) is 0 Å². The number of nitrogens with two attached hydrogens (primary N) is 1. The molecular formula is C15H29N5. The number of piperazine rings is 1. The van der Waals surface area contributed by atoms with Crippen LogP contribution in [0.15, 0.2) is 6.20 Å². The average Bonchev–Trinajstić information content (AvgIpc) is 2.72. The Bertz CT molecular complexity index is 438. The van der Waals surface area contributed by atoms with Gasteiger partial charge in [0.15, 0.2) is 0 Å². The number of rotatable bonds is 3. The number of aryl methyl sites for hydroxylation is 1. The van der Waals surface area contributed by atoms with Crippen molar-refractivity contribution in [1.29, 1.82) is 0 Å². The molecule has 2 heterocycles. The van der Waals surface area contributed by atoms with E-state index in [-0.39, 0.29) is 11.6 Å². The second-order valence-electron chi connectivity index (χ2n) is 6.73. The number of hydrogen-bond acceptors (Lipinski definition) is 4. The smallest absolute Gasteiger partial charge is 0.105 e. The molecule has 1 aliphatic heterocycles. The molecule has 1 aromatic rings. The highest BCUT2D eigenvalue weighted by Gasteiger charge is 2.30. The Hall–Kier alpha value is -0.910. The maximum Gasteiger partial charge on any atom is 0.105 e. The van der Waals surface area contributed by atoms with Gasteiger partial charge >= 0.3 is 0 Å². The van der Waals surface area contributed by atoms with Crippen LogP contribution >= 0.6 is 0 Å². The van der Waals surface area contributed by atoms with Crippen LogP contribution in [0.25, 0.3) is 0 Å².